The zero-order chi connectivity index (χ0) is 22.8. The van der Waals surface area contributed by atoms with Gasteiger partial charge in [0.15, 0.2) is 11.6 Å². The standard InChI is InChI=1S/C24H30N4O3/c1-15(9-26-23-21(25)18(10-27-23)22(31)24(2,3)4)19-12-28(11-16(13-29)14-30)20-8-6-5-7-17(19)20/h5-10,12,16,27,29-30H,1,11,13-14,25H2,2-4H3/b26-9-. The number of nitrogens with zero attached hydrogens (tertiary/aromatic N) is 2. The second-order valence-electron chi connectivity index (χ2n) is 8.77. The van der Waals surface area contributed by atoms with E-state index < -0.39 is 5.41 Å². The Balaban J connectivity index is 1.90. The van der Waals surface area contributed by atoms with E-state index in [2.05, 4.69) is 16.6 Å². The van der Waals surface area contributed by atoms with Gasteiger partial charge >= 0.3 is 0 Å². The van der Waals surface area contributed by atoms with E-state index in [4.69, 9.17) is 5.73 Å². The lowest BCUT2D eigenvalue weighted by molar-refractivity contribution is 0.0859. The molecule has 0 amide bonds. The molecule has 0 radical (unpaired) electrons. The zero-order valence-corrected chi connectivity index (χ0v) is 18.2. The number of Topliss-reactive ketones (excluding diaryl/α,β-unsaturated/α-hetero) is 1. The van der Waals surface area contributed by atoms with Gasteiger partial charge in [0.1, 0.15) is 0 Å². The van der Waals surface area contributed by atoms with Gasteiger partial charge in [-0.2, -0.15) is 0 Å². The number of aliphatic hydroxyl groups excluding tert-OH is 2. The summed E-state index contributed by atoms with van der Waals surface area (Å²) < 4.78 is 2.00. The SMILES string of the molecule is C=C(/C=N\c1[nH]cc(C(=O)C(C)(C)C)c1N)c1cn(CC(CO)CO)c2ccccc12. The van der Waals surface area contributed by atoms with Gasteiger partial charge in [-0.15, -0.1) is 0 Å². The van der Waals surface area contributed by atoms with Crippen molar-refractivity contribution >= 4 is 40.0 Å². The lowest BCUT2D eigenvalue weighted by Gasteiger charge is -2.15. The molecule has 2 aromatic heterocycles. The highest BCUT2D eigenvalue weighted by Gasteiger charge is 2.26. The molecule has 7 nitrogen and oxygen atoms in total. The number of rotatable bonds is 8. The number of carbonyl (C=O) groups excluding carboxylic acids is 1. The Morgan fingerprint density at radius 3 is 2.58 bits per heavy atom. The number of nitrogen functional groups attached to an aromatic ring is 1. The molecule has 3 rings (SSSR count). The van der Waals surface area contributed by atoms with Crippen molar-refractivity contribution in [2.24, 2.45) is 16.3 Å². The van der Waals surface area contributed by atoms with Gasteiger partial charge in [0.05, 0.1) is 11.3 Å². The van der Waals surface area contributed by atoms with E-state index in [9.17, 15) is 15.0 Å². The maximum absolute atomic E-state index is 12.5. The Labute approximate surface area is 181 Å². The highest BCUT2D eigenvalue weighted by molar-refractivity contribution is 6.15. The Morgan fingerprint density at radius 2 is 1.94 bits per heavy atom. The number of aliphatic imine (C=N–C) groups is 1. The van der Waals surface area contributed by atoms with Crippen molar-refractivity contribution in [1.82, 2.24) is 9.55 Å². The minimum absolute atomic E-state index is 0.0492. The predicted octanol–water partition coefficient (Wildman–Crippen LogP) is 3.80. The first-order valence-corrected chi connectivity index (χ1v) is 10.2. The van der Waals surface area contributed by atoms with Gasteiger partial charge < -0.3 is 25.5 Å². The Hall–Kier alpha value is -3.16. The van der Waals surface area contributed by atoms with Crippen LogP contribution in [0.1, 0.15) is 36.7 Å². The van der Waals surface area contributed by atoms with E-state index in [1.165, 1.54) is 0 Å². The van der Waals surface area contributed by atoms with Crippen LogP contribution in [0.15, 0.2) is 48.2 Å². The van der Waals surface area contributed by atoms with Crippen LogP contribution in [-0.2, 0) is 6.54 Å². The molecule has 0 atom stereocenters. The van der Waals surface area contributed by atoms with E-state index in [0.717, 1.165) is 16.5 Å². The highest BCUT2D eigenvalue weighted by atomic mass is 16.3. The minimum Gasteiger partial charge on any atom is -0.396 e. The monoisotopic (exact) mass is 422 g/mol. The van der Waals surface area contributed by atoms with Crippen LogP contribution in [0.2, 0.25) is 0 Å². The smallest absolute Gasteiger partial charge is 0.171 e. The molecular weight excluding hydrogens is 392 g/mol. The summed E-state index contributed by atoms with van der Waals surface area (Å²) in [5.74, 6) is 0.119. The molecule has 2 heterocycles. The van der Waals surface area contributed by atoms with Crippen molar-refractivity contribution in [2.75, 3.05) is 18.9 Å². The van der Waals surface area contributed by atoms with Crippen molar-refractivity contribution in [3.63, 3.8) is 0 Å². The number of hydrogen-bond acceptors (Lipinski definition) is 5. The number of fused-ring (bicyclic) bond motifs is 1. The van der Waals surface area contributed by atoms with Crippen molar-refractivity contribution in [3.05, 3.63) is 54.4 Å². The van der Waals surface area contributed by atoms with Crippen LogP contribution in [0.3, 0.4) is 0 Å². The number of aliphatic hydroxyl groups is 2. The highest BCUT2D eigenvalue weighted by Crippen LogP contribution is 2.31. The lowest BCUT2D eigenvalue weighted by Crippen LogP contribution is -2.20. The number of para-hydroxylation sites is 1. The molecule has 7 heteroatoms. The van der Waals surface area contributed by atoms with Crippen molar-refractivity contribution in [1.29, 1.82) is 0 Å². The average molecular weight is 423 g/mol. The van der Waals surface area contributed by atoms with Gasteiger partial charge in [-0.25, -0.2) is 4.99 Å². The summed E-state index contributed by atoms with van der Waals surface area (Å²) in [5, 5.41) is 19.9. The molecule has 164 valence electrons. The largest absolute Gasteiger partial charge is 0.396 e. The minimum atomic E-state index is -0.538. The molecular formula is C24H30N4O3. The Kier molecular flexibility index (Phi) is 6.48. The molecule has 0 spiro atoms. The molecule has 0 saturated carbocycles. The summed E-state index contributed by atoms with van der Waals surface area (Å²) in [6.45, 7) is 9.99. The number of H-pyrrole nitrogens is 1. The van der Waals surface area contributed by atoms with Crippen LogP contribution >= 0.6 is 0 Å². The van der Waals surface area contributed by atoms with Crippen LogP contribution in [-0.4, -0.2) is 45.0 Å². The van der Waals surface area contributed by atoms with E-state index in [0.29, 0.717) is 29.2 Å². The third kappa shape index (κ3) is 4.62. The molecule has 5 N–H and O–H groups in total. The number of benzene rings is 1. The topological polar surface area (TPSA) is 117 Å². The molecule has 0 aliphatic heterocycles. The Bertz CT molecular complexity index is 1130. The second-order valence-corrected chi connectivity index (χ2v) is 8.77. The first kappa shape index (κ1) is 22.5. The van der Waals surface area contributed by atoms with Crippen LogP contribution in [0.25, 0.3) is 16.5 Å². The fourth-order valence-electron chi connectivity index (χ4n) is 3.44. The normalized spacial score (nSPS) is 12.3. The van der Waals surface area contributed by atoms with Crippen molar-refractivity contribution in [3.8, 4) is 0 Å². The first-order valence-electron chi connectivity index (χ1n) is 10.2. The number of hydrogen-bond donors (Lipinski definition) is 4. The quantitative estimate of drug-likeness (QED) is 0.326. The number of nitrogens with two attached hydrogens (primary N) is 1. The summed E-state index contributed by atoms with van der Waals surface area (Å²) >= 11 is 0. The summed E-state index contributed by atoms with van der Waals surface area (Å²) in [7, 11) is 0. The number of ketones is 1. The zero-order valence-electron chi connectivity index (χ0n) is 18.2. The number of aromatic amines is 1. The van der Waals surface area contributed by atoms with Gasteiger partial charge in [-0.3, -0.25) is 4.79 Å². The van der Waals surface area contributed by atoms with Crippen LogP contribution in [0, 0.1) is 11.3 Å². The number of carbonyl (C=O) groups is 1. The number of anilines is 1. The average Bonchev–Trinajstić information content (AvgIpc) is 3.29. The van der Waals surface area contributed by atoms with Crippen LogP contribution < -0.4 is 5.73 Å². The third-order valence-electron chi connectivity index (χ3n) is 5.28. The van der Waals surface area contributed by atoms with Crippen LogP contribution in [0.4, 0.5) is 11.5 Å². The fraction of sp³-hybridized carbons (Fsp3) is 0.333. The van der Waals surface area contributed by atoms with Gasteiger partial charge in [-0.05, 0) is 11.6 Å². The molecule has 3 aromatic rings. The lowest BCUT2D eigenvalue weighted by atomic mass is 9.87. The predicted molar refractivity (Wildman–Crippen MR) is 126 cm³/mol. The van der Waals surface area contributed by atoms with E-state index in [1.54, 1.807) is 12.4 Å². The summed E-state index contributed by atoms with van der Waals surface area (Å²) in [6, 6.07) is 7.88. The summed E-state index contributed by atoms with van der Waals surface area (Å²) in [4.78, 5) is 19.9. The molecule has 0 aliphatic rings. The van der Waals surface area contributed by atoms with E-state index in [1.807, 2.05) is 55.8 Å². The fourth-order valence-corrected chi connectivity index (χ4v) is 3.44. The van der Waals surface area contributed by atoms with Gasteiger partial charge in [-0.1, -0.05) is 45.5 Å². The van der Waals surface area contributed by atoms with E-state index in [-0.39, 0.29) is 24.9 Å². The van der Waals surface area contributed by atoms with Crippen molar-refractivity contribution < 1.29 is 15.0 Å². The van der Waals surface area contributed by atoms with Gasteiger partial charge in [0, 0.05) is 66.2 Å². The second kappa shape index (κ2) is 8.91. The van der Waals surface area contributed by atoms with Gasteiger partial charge in [0.25, 0.3) is 0 Å². The third-order valence-corrected chi connectivity index (χ3v) is 5.28. The van der Waals surface area contributed by atoms with Crippen molar-refractivity contribution in [2.45, 2.75) is 27.3 Å². The number of aromatic nitrogens is 2. The Morgan fingerprint density at radius 1 is 1.26 bits per heavy atom. The van der Waals surface area contributed by atoms with E-state index >= 15 is 0 Å². The molecule has 1 aromatic carbocycles. The van der Waals surface area contributed by atoms with Gasteiger partial charge in [0.2, 0.25) is 0 Å². The molecule has 0 bridgehead atoms. The summed E-state index contributed by atoms with van der Waals surface area (Å²) in [5.41, 5.74) is 8.93. The first-order chi connectivity index (χ1) is 14.7. The molecule has 0 saturated heterocycles. The molecule has 31 heavy (non-hydrogen) atoms. The molecule has 0 fully saturated rings. The number of nitrogens with one attached hydrogen (secondary N) is 1. The molecule has 0 aliphatic carbocycles. The summed E-state index contributed by atoms with van der Waals surface area (Å²) in [6.07, 6.45) is 5.16. The maximum Gasteiger partial charge on any atom is 0.171 e. The van der Waals surface area contributed by atoms with Crippen LogP contribution in [0.5, 0.6) is 0 Å². The molecule has 0 unspecified atom stereocenters. The number of allylic oxidation sites excluding steroid dienone is 1. The maximum atomic E-state index is 12.5.